The highest BCUT2D eigenvalue weighted by Gasteiger charge is 2.22. The average molecular weight is 309 g/mol. The fraction of sp³-hybridized carbons (Fsp3) is 0.167. The molecular formula is C12H9ClN4O2S. The Balaban J connectivity index is 2.26. The maximum Gasteiger partial charge on any atom is 0.355 e. The average Bonchev–Trinajstić information content (AvgIpc) is 2.90. The van der Waals surface area contributed by atoms with Gasteiger partial charge < -0.3 is 10.1 Å². The van der Waals surface area contributed by atoms with Crippen LogP contribution in [0, 0.1) is 11.3 Å². The van der Waals surface area contributed by atoms with Gasteiger partial charge in [0.1, 0.15) is 17.3 Å². The molecule has 2 rings (SSSR count). The number of esters is 1. The third kappa shape index (κ3) is 3.10. The van der Waals surface area contributed by atoms with Gasteiger partial charge in [0, 0.05) is 11.6 Å². The van der Waals surface area contributed by atoms with Crippen molar-refractivity contribution in [3.05, 3.63) is 39.4 Å². The second kappa shape index (κ2) is 6.41. The molecule has 1 aromatic heterocycles. The van der Waals surface area contributed by atoms with Gasteiger partial charge in [-0.2, -0.15) is 5.26 Å². The summed E-state index contributed by atoms with van der Waals surface area (Å²) >= 11 is 6.92. The summed E-state index contributed by atoms with van der Waals surface area (Å²) in [6.45, 7) is 2.01. The first-order valence-corrected chi connectivity index (χ1v) is 6.85. The highest BCUT2D eigenvalue weighted by atomic mass is 35.5. The maximum atomic E-state index is 11.6. The minimum absolute atomic E-state index is 0.0532. The molecule has 1 aromatic rings. The zero-order chi connectivity index (χ0) is 14.5. The van der Waals surface area contributed by atoms with Gasteiger partial charge in [-0.3, -0.25) is 0 Å². The van der Waals surface area contributed by atoms with Crippen LogP contribution in [0.15, 0.2) is 28.4 Å². The molecule has 0 aliphatic carbocycles. The van der Waals surface area contributed by atoms with Crippen molar-refractivity contribution in [2.45, 2.75) is 6.92 Å². The highest BCUT2D eigenvalue weighted by Crippen LogP contribution is 2.31. The molecule has 1 aliphatic heterocycles. The fourth-order valence-electron chi connectivity index (χ4n) is 1.43. The molecule has 0 saturated carbocycles. The lowest BCUT2D eigenvalue weighted by molar-refractivity contribution is -0.138. The van der Waals surface area contributed by atoms with Crippen LogP contribution in [-0.2, 0) is 9.53 Å². The maximum absolute atomic E-state index is 11.6. The minimum atomic E-state index is -0.465. The van der Waals surface area contributed by atoms with Crippen LogP contribution >= 0.6 is 23.4 Å². The van der Waals surface area contributed by atoms with E-state index in [1.807, 2.05) is 6.07 Å². The van der Waals surface area contributed by atoms with Crippen molar-refractivity contribution in [3.63, 3.8) is 0 Å². The van der Waals surface area contributed by atoms with Crippen LogP contribution in [0.4, 0.5) is 0 Å². The first kappa shape index (κ1) is 14.4. The summed E-state index contributed by atoms with van der Waals surface area (Å²) in [5, 5.41) is 14.3. The number of carbonyl (C=O) groups excluding carboxylic acids is 1. The lowest BCUT2D eigenvalue weighted by Gasteiger charge is -2.06. The Bertz CT molecular complexity index is 651. The normalized spacial score (nSPS) is 15.9. The molecule has 8 heteroatoms. The molecule has 2 heterocycles. The highest BCUT2D eigenvalue weighted by molar-refractivity contribution is 8.06. The lowest BCUT2D eigenvalue weighted by Crippen LogP contribution is -2.18. The number of nitrogens with one attached hydrogen (secondary N) is 1. The summed E-state index contributed by atoms with van der Waals surface area (Å²) in [5.74, 6) is -0.465. The largest absolute Gasteiger partial charge is 0.461 e. The van der Waals surface area contributed by atoms with E-state index in [1.165, 1.54) is 18.0 Å². The Labute approximate surface area is 124 Å². The molecule has 1 N–H and O–H groups in total. The van der Waals surface area contributed by atoms with Gasteiger partial charge in [0.25, 0.3) is 0 Å². The van der Waals surface area contributed by atoms with Gasteiger partial charge in [-0.1, -0.05) is 11.8 Å². The number of thioether (sulfide) groups is 1. The van der Waals surface area contributed by atoms with E-state index < -0.39 is 5.97 Å². The monoisotopic (exact) mass is 308 g/mol. The number of hydrogen-bond acceptors (Lipinski definition) is 7. The van der Waals surface area contributed by atoms with Crippen molar-refractivity contribution in [1.29, 1.82) is 5.26 Å². The van der Waals surface area contributed by atoms with Crippen LogP contribution in [0.1, 0.15) is 12.6 Å². The van der Waals surface area contributed by atoms with Crippen LogP contribution < -0.4 is 5.32 Å². The molecule has 0 bridgehead atoms. The quantitative estimate of drug-likeness (QED) is 0.519. The topological polar surface area (TPSA) is 87.9 Å². The van der Waals surface area contributed by atoms with Crippen LogP contribution in [0.3, 0.4) is 0 Å². The summed E-state index contributed by atoms with van der Waals surface area (Å²) in [7, 11) is 0. The van der Waals surface area contributed by atoms with E-state index in [-0.39, 0.29) is 17.5 Å². The van der Waals surface area contributed by atoms with E-state index in [0.29, 0.717) is 16.4 Å². The SMILES string of the molecule is CCOC(=O)C1=CS/C(=C(/C#N)c2ccnc(Cl)n2)N1. The predicted molar refractivity (Wildman–Crippen MR) is 75.0 cm³/mol. The summed E-state index contributed by atoms with van der Waals surface area (Å²) in [6, 6.07) is 3.61. The number of ether oxygens (including phenoxy) is 1. The summed E-state index contributed by atoms with van der Waals surface area (Å²) in [4.78, 5) is 19.3. The number of carbonyl (C=O) groups is 1. The number of aromatic nitrogens is 2. The Hall–Kier alpha value is -2.04. The van der Waals surface area contributed by atoms with Gasteiger partial charge >= 0.3 is 5.97 Å². The van der Waals surface area contributed by atoms with E-state index in [4.69, 9.17) is 16.3 Å². The molecule has 20 heavy (non-hydrogen) atoms. The second-order valence-corrected chi connectivity index (χ2v) is 4.74. The van der Waals surface area contributed by atoms with Crippen LogP contribution in [0.25, 0.3) is 5.57 Å². The van der Waals surface area contributed by atoms with Gasteiger partial charge in [0.05, 0.1) is 17.3 Å². The summed E-state index contributed by atoms with van der Waals surface area (Å²) in [5.41, 5.74) is 0.968. The third-order valence-corrected chi connectivity index (χ3v) is 3.34. The van der Waals surface area contributed by atoms with Gasteiger partial charge in [-0.05, 0) is 24.6 Å². The van der Waals surface area contributed by atoms with Gasteiger partial charge in [-0.15, -0.1) is 0 Å². The van der Waals surface area contributed by atoms with Gasteiger partial charge in [0.15, 0.2) is 0 Å². The molecule has 0 amide bonds. The molecule has 0 radical (unpaired) electrons. The van der Waals surface area contributed by atoms with Gasteiger partial charge in [-0.25, -0.2) is 14.8 Å². The molecule has 0 aromatic carbocycles. The van der Waals surface area contributed by atoms with Crippen molar-refractivity contribution >= 4 is 34.9 Å². The molecular weight excluding hydrogens is 300 g/mol. The molecule has 0 fully saturated rings. The minimum Gasteiger partial charge on any atom is -0.461 e. The molecule has 0 atom stereocenters. The Morgan fingerprint density at radius 3 is 3.10 bits per heavy atom. The Morgan fingerprint density at radius 1 is 1.65 bits per heavy atom. The zero-order valence-electron chi connectivity index (χ0n) is 10.4. The lowest BCUT2D eigenvalue weighted by atomic mass is 10.2. The molecule has 1 aliphatic rings. The third-order valence-electron chi connectivity index (χ3n) is 2.26. The number of halogens is 1. The number of rotatable bonds is 3. The van der Waals surface area contributed by atoms with E-state index in [9.17, 15) is 10.1 Å². The van der Waals surface area contributed by atoms with Crippen molar-refractivity contribution < 1.29 is 9.53 Å². The van der Waals surface area contributed by atoms with E-state index in [1.54, 1.807) is 18.4 Å². The van der Waals surface area contributed by atoms with Crippen molar-refractivity contribution in [1.82, 2.24) is 15.3 Å². The zero-order valence-corrected chi connectivity index (χ0v) is 12.0. The fourth-order valence-corrected chi connectivity index (χ4v) is 2.40. The van der Waals surface area contributed by atoms with Crippen molar-refractivity contribution in [2.75, 3.05) is 6.61 Å². The number of nitriles is 1. The molecule has 0 unspecified atom stereocenters. The molecule has 0 spiro atoms. The Morgan fingerprint density at radius 2 is 2.45 bits per heavy atom. The van der Waals surface area contributed by atoms with E-state index >= 15 is 0 Å². The van der Waals surface area contributed by atoms with Gasteiger partial charge in [0.2, 0.25) is 5.28 Å². The molecule has 0 saturated heterocycles. The van der Waals surface area contributed by atoms with Crippen LogP contribution in [0.2, 0.25) is 5.28 Å². The molecule has 6 nitrogen and oxygen atoms in total. The smallest absolute Gasteiger partial charge is 0.355 e. The van der Waals surface area contributed by atoms with Crippen molar-refractivity contribution in [3.8, 4) is 6.07 Å². The number of hydrogen-bond donors (Lipinski definition) is 1. The van der Waals surface area contributed by atoms with E-state index in [2.05, 4.69) is 15.3 Å². The van der Waals surface area contributed by atoms with Crippen LogP contribution in [-0.4, -0.2) is 22.5 Å². The second-order valence-electron chi connectivity index (χ2n) is 3.52. The number of nitrogens with zero attached hydrogens (tertiary/aromatic N) is 3. The van der Waals surface area contributed by atoms with Crippen LogP contribution in [0.5, 0.6) is 0 Å². The predicted octanol–water partition coefficient (Wildman–Crippen LogP) is 2.06. The standard InChI is InChI=1S/C12H9ClN4O2S/c1-2-19-11(18)9-6-20-10(16-9)7(5-14)8-3-4-15-12(13)17-8/h3-4,6,16H,2H2,1H3/b10-7-. The summed E-state index contributed by atoms with van der Waals surface area (Å²) in [6.07, 6.45) is 1.46. The Kier molecular flexibility index (Phi) is 4.61. The molecule has 102 valence electrons. The number of allylic oxidation sites excluding steroid dienone is 1. The first-order valence-electron chi connectivity index (χ1n) is 5.60. The summed E-state index contributed by atoms with van der Waals surface area (Å²) < 4.78 is 4.88. The first-order chi connectivity index (χ1) is 9.65. The van der Waals surface area contributed by atoms with Crippen molar-refractivity contribution in [2.24, 2.45) is 0 Å². The van der Waals surface area contributed by atoms with E-state index in [0.717, 1.165) is 0 Å².